The molecule has 5 heteroatoms. The Hall–Kier alpha value is -1.75. The summed E-state index contributed by atoms with van der Waals surface area (Å²) in [5.41, 5.74) is 6.98. The van der Waals surface area contributed by atoms with Crippen LogP contribution in [0.4, 0.5) is 0 Å². The molecule has 0 radical (unpaired) electrons. The van der Waals surface area contributed by atoms with Crippen molar-refractivity contribution in [1.82, 2.24) is 9.55 Å². The highest BCUT2D eigenvalue weighted by Crippen LogP contribution is 2.42. The summed E-state index contributed by atoms with van der Waals surface area (Å²) in [4.78, 5) is 4.43. The lowest BCUT2D eigenvalue weighted by molar-refractivity contribution is 0.0719. The van der Waals surface area contributed by atoms with E-state index in [1.165, 1.54) is 0 Å². The SMILES string of the molecule is NC1(c2cn(C3C=CC4=C(C3)OCO4)cn2)CC1. The maximum absolute atomic E-state index is 6.15. The molecule has 4 rings (SSSR count). The van der Waals surface area contributed by atoms with Crippen LogP contribution in [0.15, 0.2) is 36.2 Å². The number of hydrogen-bond donors (Lipinski definition) is 1. The molecule has 2 aliphatic carbocycles. The number of allylic oxidation sites excluding steroid dienone is 3. The molecule has 94 valence electrons. The average Bonchev–Trinajstić information content (AvgIpc) is 2.89. The van der Waals surface area contributed by atoms with Crippen LogP contribution in [0.25, 0.3) is 0 Å². The summed E-state index contributed by atoms with van der Waals surface area (Å²) in [6, 6.07) is 0.244. The lowest BCUT2D eigenvalue weighted by atomic mass is 10.1. The van der Waals surface area contributed by atoms with Gasteiger partial charge in [-0.15, -0.1) is 0 Å². The number of nitrogens with zero attached hydrogens (tertiary/aromatic N) is 2. The predicted molar refractivity (Wildman–Crippen MR) is 64.2 cm³/mol. The maximum atomic E-state index is 6.15. The standard InChI is InChI=1S/C13H15N3O2/c14-13(3-4-13)12-6-16(7-15-12)9-1-2-10-11(5-9)18-8-17-10/h1-2,6-7,9H,3-5,8,14H2. The molecule has 5 nitrogen and oxygen atoms in total. The predicted octanol–water partition coefficient (Wildman–Crippen LogP) is 1.55. The van der Waals surface area contributed by atoms with Gasteiger partial charge in [-0.1, -0.05) is 6.08 Å². The van der Waals surface area contributed by atoms with E-state index < -0.39 is 0 Å². The van der Waals surface area contributed by atoms with Crippen molar-refractivity contribution < 1.29 is 9.47 Å². The summed E-state index contributed by atoms with van der Waals surface area (Å²) in [5, 5.41) is 0. The largest absolute Gasteiger partial charge is 0.458 e. The number of rotatable bonds is 2. The van der Waals surface area contributed by atoms with Crippen LogP contribution in [0.3, 0.4) is 0 Å². The van der Waals surface area contributed by atoms with Gasteiger partial charge in [-0.2, -0.15) is 0 Å². The van der Waals surface area contributed by atoms with Gasteiger partial charge in [-0.25, -0.2) is 4.98 Å². The van der Waals surface area contributed by atoms with E-state index in [1.54, 1.807) is 0 Å². The monoisotopic (exact) mass is 245 g/mol. The first-order valence-electron chi connectivity index (χ1n) is 6.24. The summed E-state index contributed by atoms with van der Waals surface area (Å²) < 4.78 is 12.9. The minimum Gasteiger partial charge on any atom is -0.458 e. The number of hydrogen-bond acceptors (Lipinski definition) is 4. The van der Waals surface area contributed by atoms with Gasteiger partial charge in [0.2, 0.25) is 6.79 Å². The number of aromatic nitrogens is 2. The van der Waals surface area contributed by atoms with E-state index >= 15 is 0 Å². The Morgan fingerprint density at radius 2 is 2.28 bits per heavy atom. The summed E-state index contributed by atoms with van der Waals surface area (Å²) >= 11 is 0. The van der Waals surface area contributed by atoms with Gasteiger partial charge in [0.05, 0.1) is 23.6 Å². The zero-order valence-electron chi connectivity index (χ0n) is 10.0. The van der Waals surface area contributed by atoms with E-state index in [0.717, 1.165) is 36.5 Å². The van der Waals surface area contributed by atoms with Crippen LogP contribution in [-0.4, -0.2) is 16.3 Å². The lowest BCUT2D eigenvalue weighted by Crippen LogP contribution is -2.19. The van der Waals surface area contributed by atoms with Crippen molar-refractivity contribution in [2.75, 3.05) is 6.79 Å². The van der Waals surface area contributed by atoms with Gasteiger partial charge in [0.25, 0.3) is 0 Å². The van der Waals surface area contributed by atoms with Gasteiger partial charge in [-0.3, -0.25) is 0 Å². The molecular weight excluding hydrogens is 230 g/mol. The molecule has 1 aliphatic heterocycles. The van der Waals surface area contributed by atoms with E-state index in [0.29, 0.717) is 6.79 Å². The van der Waals surface area contributed by atoms with Crippen LogP contribution in [0.2, 0.25) is 0 Å². The van der Waals surface area contributed by atoms with Crippen molar-refractivity contribution in [2.24, 2.45) is 5.73 Å². The Labute approximate surface area is 105 Å². The van der Waals surface area contributed by atoms with Crippen molar-refractivity contribution in [1.29, 1.82) is 0 Å². The lowest BCUT2D eigenvalue weighted by Gasteiger charge is -2.17. The molecule has 2 N–H and O–H groups in total. The van der Waals surface area contributed by atoms with Crippen molar-refractivity contribution in [3.63, 3.8) is 0 Å². The van der Waals surface area contributed by atoms with E-state index in [4.69, 9.17) is 15.2 Å². The molecule has 1 aromatic rings. The fraction of sp³-hybridized carbons (Fsp3) is 0.462. The highest BCUT2D eigenvalue weighted by Gasteiger charge is 2.42. The number of nitrogens with two attached hydrogens (primary N) is 1. The smallest absolute Gasteiger partial charge is 0.230 e. The summed E-state index contributed by atoms with van der Waals surface area (Å²) in [7, 11) is 0. The van der Waals surface area contributed by atoms with Crippen molar-refractivity contribution in [3.05, 3.63) is 41.9 Å². The molecule has 1 saturated carbocycles. The Morgan fingerprint density at radius 1 is 1.39 bits per heavy atom. The molecule has 0 amide bonds. The topological polar surface area (TPSA) is 62.3 Å². The number of imidazole rings is 1. The summed E-state index contributed by atoms with van der Waals surface area (Å²) in [5.74, 6) is 1.80. The third-order valence-corrected chi connectivity index (χ3v) is 3.87. The van der Waals surface area contributed by atoms with Gasteiger partial charge in [0.15, 0.2) is 5.76 Å². The normalized spacial score (nSPS) is 27.7. The van der Waals surface area contributed by atoms with Crippen molar-refractivity contribution in [2.45, 2.75) is 30.8 Å². The van der Waals surface area contributed by atoms with Crippen molar-refractivity contribution in [3.8, 4) is 0 Å². The van der Waals surface area contributed by atoms with Gasteiger partial charge < -0.3 is 19.8 Å². The van der Waals surface area contributed by atoms with Gasteiger partial charge >= 0.3 is 0 Å². The average molecular weight is 245 g/mol. The van der Waals surface area contributed by atoms with E-state index in [1.807, 2.05) is 12.4 Å². The quantitative estimate of drug-likeness (QED) is 0.858. The second-order valence-electron chi connectivity index (χ2n) is 5.19. The van der Waals surface area contributed by atoms with Gasteiger partial charge in [0, 0.05) is 12.6 Å². The van der Waals surface area contributed by atoms with E-state index in [9.17, 15) is 0 Å². The van der Waals surface area contributed by atoms with Crippen LogP contribution < -0.4 is 5.73 Å². The fourth-order valence-electron chi connectivity index (χ4n) is 2.44. The van der Waals surface area contributed by atoms with Gasteiger partial charge in [-0.05, 0) is 18.9 Å². The second kappa shape index (κ2) is 3.38. The molecule has 1 atom stereocenters. The van der Waals surface area contributed by atoms with Crippen LogP contribution in [0.5, 0.6) is 0 Å². The van der Waals surface area contributed by atoms with Crippen LogP contribution >= 0.6 is 0 Å². The minimum absolute atomic E-state index is 0.166. The number of ether oxygens (including phenoxy) is 2. The zero-order valence-corrected chi connectivity index (χ0v) is 10.0. The first-order valence-corrected chi connectivity index (χ1v) is 6.24. The fourth-order valence-corrected chi connectivity index (χ4v) is 2.44. The van der Waals surface area contributed by atoms with Crippen LogP contribution in [0.1, 0.15) is 31.0 Å². The second-order valence-corrected chi connectivity index (χ2v) is 5.19. The first kappa shape index (κ1) is 10.2. The van der Waals surface area contributed by atoms with Crippen LogP contribution in [-0.2, 0) is 15.0 Å². The Bertz CT molecular complexity index is 554. The summed E-state index contributed by atoms with van der Waals surface area (Å²) in [6.07, 6.45) is 10.9. The zero-order chi connectivity index (χ0) is 12.2. The highest BCUT2D eigenvalue weighted by atomic mass is 16.7. The molecule has 0 saturated heterocycles. The molecule has 2 heterocycles. The third-order valence-electron chi connectivity index (χ3n) is 3.87. The van der Waals surface area contributed by atoms with Crippen LogP contribution in [0, 0.1) is 0 Å². The minimum atomic E-state index is -0.166. The molecule has 0 bridgehead atoms. The third kappa shape index (κ3) is 1.47. The Morgan fingerprint density at radius 3 is 3.11 bits per heavy atom. The molecule has 1 fully saturated rings. The van der Waals surface area contributed by atoms with E-state index in [2.05, 4.69) is 21.8 Å². The molecule has 0 aromatic carbocycles. The van der Waals surface area contributed by atoms with Gasteiger partial charge in [0.1, 0.15) is 5.76 Å². The molecule has 1 unspecified atom stereocenters. The molecule has 1 aromatic heterocycles. The molecule has 0 spiro atoms. The first-order chi connectivity index (χ1) is 8.74. The molecular formula is C13H15N3O2. The summed E-state index contributed by atoms with van der Waals surface area (Å²) in [6.45, 7) is 0.336. The Balaban J connectivity index is 1.58. The highest BCUT2D eigenvalue weighted by molar-refractivity contribution is 5.27. The maximum Gasteiger partial charge on any atom is 0.230 e. The van der Waals surface area contributed by atoms with Crippen molar-refractivity contribution >= 4 is 0 Å². The molecule has 3 aliphatic rings. The molecule has 18 heavy (non-hydrogen) atoms. The van der Waals surface area contributed by atoms with E-state index in [-0.39, 0.29) is 11.6 Å². The Kier molecular flexibility index (Phi) is 1.92.